The quantitative estimate of drug-likeness (QED) is 0.287. The fraction of sp³-hybridized carbons (Fsp3) is 0.125. The molecule has 0 saturated heterocycles. The van der Waals surface area contributed by atoms with Gasteiger partial charge in [-0.3, -0.25) is 4.79 Å². The van der Waals surface area contributed by atoms with Crippen LogP contribution >= 0.6 is 34.3 Å². The molecule has 4 aromatic rings. The molecule has 0 radical (unpaired) electrons. The number of anilines is 1. The smallest absolute Gasteiger partial charge is 0.350 e. The van der Waals surface area contributed by atoms with Gasteiger partial charge in [0.25, 0.3) is 5.91 Å². The molecule has 0 saturated carbocycles. The van der Waals surface area contributed by atoms with Crippen molar-refractivity contribution in [1.29, 1.82) is 0 Å². The van der Waals surface area contributed by atoms with Crippen LogP contribution in [0.25, 0.3) is 20.5 Å². The lowest BCUT2D eigenvalue weighted by Crippen LogP contribution is -2.21. The summed E-state index contributed by atoms with van der Waals surface area (Å²) in [6.07, 6.45) is 0. The Labute approximate surface area is 206 Å². The molecule has 0 spiro atoms. The van der Waals surface area contributed by atoms with E-state index in [2.05, 4.69) is 5.32 Å². The molecule has 0 atom stereocenters. The van der Waals surface area contributed by atoms with E-state index in [9.17, 15) is 18.8 Å². The monoisotopic (exact) mass is 517 g/mol. The third-order valence-electron chi connectivity index (χ3n) is 4.65. The Kier molecular flexibility index (Phi) is 7.26. The first kappa shape index (κ1) is 23.9. The van der Waals surface area contributed by atoms with Gasteiger partial charge in [-0.1, -0.05) is 41.9 Å². The van der Waals surface area contributed by atoms with E-state index in [4.69, 9.17) is 21.1 Å². The van der Waals surface area contributed by atoms with Gasteiger partial charge in [0.15, 0.2) is 6.61 Å². The zero-order chi connectivity index (χ0) is 24.2. The van der Waals surface area contributed by atoms with Crippen LogP contribution in [0.15, 0.2) is 54.6 Å². The van der Waals surface area contributed by atoms with E-state index >= 15 is 0 Å². The van der Waals surface area contributed by atoms with Crippen molar-refractivity contribution >= 4 is 67.2 Å². The van der Waals surface area contributed by atoms with Crippen LogP contribution in [0.3, 0.4) is 0 Å². The lowest BCUT2D eigenvalue weighted by molar-refractivity contribution is -0.119. The van der Waals surface area contributed by atoms with Crippen LogP contribution in [-0.2, 0) is 14.3 Å². The molecule has 6 nitrogen and oxygen atoms in total. The first-order valence-corrected chi connectivity index (χ1v) is 12.1. The van der Waals surface area contributed by atoms with Crippen molar-refractivity contribution in [2.75, 3.05) is 18.5 Å². The highest BCUT2D eigenvalue weighted by molar-refractivity contribution is 7.21. The zero-order valence-corrected chi connectivity index (χ0v) is 20.1. The summed E-state index contributed by atoms with van der Waals surface area (Å²) >= 11 is 8.41. The van der Waals surface area contributed by atoms with Crippen molar-refractivity contribution in [2.24, 2.45) is 0 Å². The second kappa shape index (κ2) is 10.3. The number of carbonyl (C=O) groups is 3. The highest BCUT2D eigenvalue weighted by Gasteiger charge is 2.22. The predicted octanol–water partition coefficient (Wildman–Crippen LogP) is 6.39. The first-order valence-electron chi connectivity index (χ1n) is 10.1. The van der Waals surface area contributed by atoms with Crippen molar-refractivity contribution in [3.8, 4) is 10.4 Å². The molecule has 2 aromatic heterocycles. The second-order valence-corrected chi connectivity index (χ2v) is 9.43. The fourth-order valence-electron chi connectivity index (χ4n) is 3.12. The van der Waals surface area contributed by atoms with Gasteiger partial charge in [-0.15, -0.1) is 22.7 Å². The SMILES string of the molecule is CCOC(=O)c1cc(-c2ccccc2)sc1NC(=O)COC(=O)c1sc2cc(F)ccc2c1Cl. The van der Waals surface area contributed by atoms with Crippen molar-refractivity contribution in [2.45, 2.75) is 6.92 Å². The molecular formula is C24H17ClFNO5S2. The lowest BCUT2D eigenvalue weighted by Gasteiger charge is -2.07. The Morgan fingerprint density at radius 3 is 2.50 bits per heavy atom. The molecule has 1 amide bonds. The summed E-state index contributed by atoms with van der Waals surface area (Å²) in [7, 11) is 0. The molecule has 0 aliphatic rings. The molecule has 10 heteroatoms. The van der Waals surface area contributed by atoms with E-state index in [1.165, 1.54) is 29.5 Å². The van der Waals surface area contributed by atoms with Crippen molar-refractivity contribution < 1.29 is 28.2 Å². The zero-order valence-electron chi connectivity index (χ0n) is 17.7. The Morgan fingerprint density at radius 2 is 1.76 bits per heavy atom. The number of carbonyl (C=O) groups excluding carboxylic acids is 3. The highest BCUT2D eigenvalue weighted by Crippen LogP contribution is 2.37. The Balaban J connectivity index is 1.48. The summed E-state index contributed by atoms with van der Waals surface area (Å²) in [6, 6.07) is 15.0. The molecular weight excluding hydrogens is 501 g/mol. The molecule has 2 aromatic carbocycles. The number of fused-ring (bicyclic) bond motifs is 1. The topological polar surface area (TPSA) is 81.7 Å². The molecule has 0 bridgehead atoms. The van der Waals surface area contributed by atoms with E-state index in [0.717, 1.165) is 21.8 Å². The summed E-state index contributed by atoms with van der Waals surface area (Å²) in [5, 5.41) is 3.57. The van der Waals surface area contributed by atoms with Gasteiger partial charge in [0, 0.05) is 15.0 Å². The van der Waals surface area contributed by atoms with Crippen molar-refractivity contribution in [3.63, 3.8) is 0 Å². The van der Waals surface area contributed by atoms with E-state index in [0.29, 0.717) is 10.1 Å². The van der Waals surface area contributed by atoms with Gasteiger partial charge in [-0.05, 0) is 36.8 Å². The number of amides is 1. The predicted molar refractivity (Wildman–Crippen MR) is 131 cm³/mol. The summed E-state index contributed by atoms with van der Waals surface area (Å²) in [6.45, 7) is 1.27. The van der Waals surface area contributed by atoms with Gasteiger partial charge in [0.2, 0.25) is 0 Å². The van der Waals surface area contributed by atoms with E-state index in [1.807, 2.05) is 30.3 Å². The average Bonchev–Trinajstić information content (AvgIpc) is 3.39. The number of thiophene rings is 2. The molecule has 0 fully saturated rings. The number of hydrogen-bond acceptors (Lipinski definition) is 7. The normalized spacial score (nSPS) is 10.8. The Morgan fingerprint density at radius 1 is 1.00 bits per heavy atom. The molecule has 0 aliphatic heterocycles. The summed E-state index contributed by atoms with van der Waals surface area (Å²) in [5.41, 5.74) is 1.08. The second-order valence-electron chi connectivity index (χ2n) is 6.95. The van der Waals surface area contributed by atoms with E-state index in [-0.39, 0.29) is 27.1 Å². The molecule has 1 N–H and O–H groups in total. The van der Waals surface area contributed by atoms with Gasteiger partial charge >= 0.3 is 11.9 Å². The van der Waals surface area contributed by atoms with Crippen LogP contribution in [0.1, 0.15) is 27.0 Å². The lowest BCUT2D eigenvalue weighted by atomic mass is 10.1. The maximum atomic E-state index is 13.5. The fourth-order valence-corrected chi connectivity index (χ4v) is 5.61. The van der Waals surface area contributed by atoms with Gasteiger partial charge in [-0.25, -0.2) is 14.0 Å². The molecule has 4 rings (SSSR count). The van der Waals surface area contributed by atoms with Gasteiger partial charge in [0.05, 0.1) is 17.2 Å². The number of esters is 2. The highest BCUT2D eigenvalue weighted by atomic mass is 35.5. The number of hydrogen-bond donors (Lipinski definition) is 1. The third-order valence-corrected chi connectivity index (χ3v) is 7.39. The van der Waals surface area contributed by atoms with Gasteiger partial charge < -0.3 is 14.8 Å². The minimum atomic E-state index is -0.802. The standard InChI is InChI=1S/C24H17ClFNO5S2/c1-2-31-23(29)16-11-17(13-6-4-3-5-7-13)34-22(16)27-19(28)12-32-24(30)21-20(25)15-9-8-14(26)10-18(15)33-21/h3-11H,2,12H2,1H3,(H,27,28). The molecule has 0 aliphatic carbocycles. The molecule has 0 unspecified atom stereocenters. The number of ether oxygens (including phenoxy) is 2. The van der Waals surface area contributed by atoms with E-state index in [1.54, 1.807) is 13.0 Å². The van der Waals surface area contributed by atoms with Crippen LogP contribution in [0, 0.1) is 5.82 Å². The maximum absolute atomic E-state index is 13.5. The van der Waals surface area contributed by atoms with Crippen LogP contribution < -0.4 is 5.32 Å². The number of halogens is 2. The molecule has 2 heterocycles. The van der Waals surface area contributed by atoms with Crippen LogP contribution in [0.5, 0.6) is 0 Å². The first-order chi connectivity index (χ1) is 16.4. The Bertz CT molecular complexity index is 1380. The molecule has 174 valence electrons. The minimum Gasteiger partial charge on any atom is -0.462 e. The maximum Gasteiger partial charge on any atom is 0.350 e. The van der Waals surface area contributed by atoms with Gasteiger partial charge in [-0.2, -0.15) is 0 Å². The largest absolute Gasteiger partial charge is 0.462 e. The summed E-state index contributed by atoms with van der Waals surface area (Å²) in [4.78, 5) is 38.2. The average molecular weight is 518 g/mol. The van der Waals surface area contributed by atoms with Crippen LogP contribution in [-0.4, -0.2) is 31.1 Å². The minimum absolute atomic E-state index is 0.0739. The van der Waals surface area contributed by atoms with Crippen LogP contribution in [0.4, 0.5) is 9.39 Å². The van der Waals surface area contributed by atoms with Crippen LogP contribution in [0.2, 0.25) is 5.02 Å². The van der Waals surface area contributed by atoms with Crippen molar-refractivity contribution in [3.05, 3.63) is 75.9 Å². The summed E-state index contributed by atoms with van der Waals surface area (Å²) in [5.74, 6) is -2.46. The van der Waals surface area contributed by atoms with E-state index < -0.39 is 30.3 Å². The Hall–Kier alpha value is -3.27. The third kappa shape index (κ3) is 5.11. The number of nitrogens with one attached hydrogen (secondary N) is 1. The van der Waals surface area contributed by atoms with Crippen molar-refractivity contribution in [1.82, 2.24) is 0 Å². The number of benzene rings is 2. The molecule has 34 heavy (non-hydrogen) atoms. The van der Waals surface area contributed by atoms with Gasteiger partial charge in [0.1, 0.15) is 15.7 Å². The summed E-state index contributed by atoms with van der Waals surface area (Å²) < 4.78 is 24.2. The number of rotatable bonds is 7.